The number of aromatic nitrogens is 1. The average molecular weight is 568 g/mol. The molecule has 42 heavy (non-hydrogen) atoms. The van der Waals surface area contributed by atoms with E-state index < -0.39 is 0 Å². The molecule has 3 aliphatic rings. The number of amides is 2. The summed E-state index contributed by atoms with van der Waals surface area (Å²) in [7, 11) is 1.51. The fourth-order valence-electron chi connectivity index (χ4n) is 5.14. The molecule has 3 heterocycles. The summed E-state index contributed by atoms with van der Waals surface area (Å²) in [6.45, 7) is 2.75. The summed E-state index contributed by atoms with van der Waals surface area (Å²) in [5, 5.41) is 3.02. The molecule has 0 bridgehead atoms. The predicted molar refractivity (Wildman–Crippen MR) is 158 cm³/mol. The number of carbonyl (C=O) groups excluding carboxylic acids is 2. The van der Waals surface area contributed by atoms with Gasteiger partial charge in [0.25, 0.3) is 11.5 Å². The largest absolute Gasteiger partial charge is 0.497 e. The molecule has 1 saturated heterocycles. The lowest BCUT2D eigenvalue weighted by molar-refractivity contribution is -0.128. The van der Waals surface area contributed by atoms with E-state index in [0.29, 0.717) is 41.8 Å². The monoisotopic (exact) mass is 567 g/mol. The van der Waals surface area contributed by atoms with E-state index in [1.165, 1.54) is 13.2 Å². The number of rotatable bonds is 9. The standard InChI is InChI=1S/C32H33N5O5/c1-20-3-12-28(35-34-20)21-6-10-26(11-7-21)42-29-15-22(32(40)33-24-16-31(39)37(19-24)25-8-9-25)4-5-23(29)18-36-14-13-27(41-2)17-30(36)38/h3-7,10-15,17,24-25,34-35H,8-9,16,18-19H2,1-2H3,(H,33,40)/t24-/m0/s1. The molecule has 2 fully saturated rings. The Morgan fingerprint density at radius 3 is 2.50 bits per heavy atom. The summed E-state index contributed by atoms with van der Waals surface area (Å²) < 4.78 is 13.0. The molecule has 1 saturated carbocycles. The molecule has 10 heteroatoms. The number of nitrogens with one attached hydrogen (secondary N) is 3. The Kier molecular flexibility index (Phi) is 7.43. The fraction of sp³-hybridized carbons (Fsp3) is 0.281. The molecule has 0 spiro atoms. The Morgan fingerprint density at radius 1 is 1.00 bits per heavy atom. The lowest BCUT2D eigenvalue weighted by Crippen LogP contribution is -2.37. The zero-order valence-corrected chi connectivity index (χ0v) is 23.6. The molecule has 1 atom stereocenters. The highest BCUT2D eigenvalue weighted by molar-refractivity contribution is 5.95. The maximum atomic E-state index is 13.3. The van der Waals surface area contributed by atoms with Gasteiger partial charge in [0, 0.05) is 48.1 Å². The van der Waals surface area contributed by atoms with E-state index >= 15 is 0 Å². The van der Waals surface area contributed by atoms with Crippen molar-refractivity contribution in [1.82, 2.24) is 25.6 Å². The summed E-state index contributed by atoms with van der Waals surface area (Å²) in [5.74, 6) is 1.34. The smallest absolute Gasteiger partial charge is 0.254 e. The van der Waals surface area contributed by atoms with Crippen molar-refractivity contribution in [2.75, 3.05) is 13.7 Å². The van der Waals surface area contributed by atoms with Gasteiger partial charge in [0.1, 0.15) is 17.2 Å². The number of nitrogens with zero attached hydrogens (tertiary/aromatic N) is 2. The highest BCUT2D eigenvalue weighted by Gasteiger charge is 2.39. The molecule has 1 aliphatic carbocycles. The Morgan fingerprint density at radius 2 is 1.81 bits per heavy atom. The molecule has 2 amide bonds. The average Bonchev–Trinajstić information content (AvgIpc) is 3.77. The number of hydrogen-bond acceptors (Lipinski definition) is 7. The van der Waals surface area contributed by atoms with Gasteiger partial charge in [0.15, 0.2) is 0 Å². The van der Waals surface area contributed by atoms with E-state index in [1.807, 2.05) is 48.2 Å². The number of pyridine rings is 1. The molecule has 3 aromatic rings. The molecule has 0 unspecified atom stereocenters. The first-order valence-corrected chi connectivity index (χ1v) is 14.0. The highest BCUT2D eigenvalue weighted by Crippen LogP contribution is 2.31. The maximum Gasteiger partial charge on any atom is 0.254 e. The van der Waals surface area contributed by atoms with E-state index in [4.69, 9.17) is 9.47 Å². The Balaban J connectivity index is 1.24. The van der Waals surface area contributed by atoms with Gasteiger partial charge in [-0.25, -0.2) is 0 Å². The number of benzene rings is 2. The zero-order valence-electron chi connectivity index (χ0n) is 23.6. The van der Waals surface area contributed by atoms with Crippen LogP contribution in [-0.4, -0.2) is 47.0 Å². The molecule has 1 aromatic heterocycles. The summed E-state index contributed by atoms with van der Waals surface area (Å²) >= 11 is 0. The summed E-state index contributed by atoms with van der Waals surface area (Å²) in [5.41, 5.74) is 10.1. The Labute approximate surface area is 243 Å². The van der Waals surface area contributed by atoms with Crippen molar-refractivity contribution in [3.05, 3.63) is 106 Å². The number of hydrogen-bond donors (Lipinski definition) is 3. The lowest BCUT2D eigenvalue weighted by atomic mass is 10.1. The normalized spacial score (nSPS) is 18.0. The van der Waals surface area contributed by atoms with Gasteiger partial charge in [0.2, 0.25) is 5.91 Å². The first-order valence-electron chi connectivity index (χ1n) is 14.0. The van der Waals surface area contributed by atoms with Crippen LogP contribution in [0.3, 0.4) is 0 Å². The molecule has 0 radical (unpaired) electrons. The molecular weight excluding hydrogens is 534 g/mol. The summed E-state index contributed by atoms with van der Waals surface area (Å²) in [6, 6.07) is 16.0. The van der Waals surface area contributed by atoms with Crippen LogP contribution in [0.5, 0.6) is 17.2 Å². The topological polar surface area (TPSA) is 114 Å². The zero-order chi connectivity index (χ0) is 29.2. The van der Waals surface area contributed by atoms with Crippen molar-refractivity contribution in [2.24, 2.45) is 0 Å². The van der Waals surface area contributed by atoms with E-state index in [0.717, 1.165) is 35.4 Å². The van der Waals surface area contributed by atoms with Crippen molar-refractivity contribution in [3.63, 3.8) is 0 Å². The molecular formula is C32H33N5O5. The minimum absolute atomic E-state index is 0.0941. The number of methoxy groups -OCH3 is 1. The second-order valence-electron chi connectivity index (χ2n) is 10.8. The van der Waals surface area contributed by atoms with E-state index in [9.17, 15) is 14.4 Å². The second kappa shape index (κ2) is 11.5. The van der Waals surface area contributed by atoms with Gasteiger partial charge in [-0.1, -0.05) is 6.07 Å². The number of ether oxygens (including phenoxy) is 2. The van der Waals surface area contributed by atoms with Gasteiger partial charge in [-0.15, -0.1) is 0 Å². The second-order valence-corrected chi connectivity index (χ2v) is 10.8. The minimum atomic E-state index is -0.273. The highest BCUT2D eigenvalue weighted by atomic mass is 16.5. The van der Waals surface area contributed by atoms with Crippen LogP contribution < -0.4 is 31.2 Å². The van der Waals surface area contributed by atoms with Gasteiger partial charge >= 0.3 is 0 Å². The van der Waals surface area contributed by atoms with Crippen LogP contribution in [0.25, 0.3) is 5.70 Å². The third kappa shape index (κ3) is 6.02. The van der Waals surface area contributed by atoms with E-state index in [1.54, 1.807) is 35.0 Å². The van der Waals surface area contributed by atoms with Gasteiger partial charge in [0.05, 0.1) is 25.4 Å². The van der Waals surface area contributed by atoms with Crippen LogP contribution >= 0.6 is 0 Å². The number of carbonyl (C=O) groups is 2. The van der Waals surface area contributed by atoms with Crippen molar-refractivity contribution in [3.8, 4) is 17.2 Å². The lowest BCUT2D eigenvalue weighted by Gasteiger charge is -2.18. The first-order chi connectivity index (χ1) is 20.4. The van der Waals surface area contributed by atoms with Crippen molar-refractivity contribution < 1.29 is 19.1 Å². The Hall–Kier alpha value is -4.99. The molecule has 216 valence electrons. The van der Waals surface area contributed by atoms with Crippen molar-refractivity contribution >= 4 is 17.5 Å². The van der Waals surface area contributed by atoms with Gasteiger partial charge in [-0.2, -0.15) is 0 Å². The summed E-state index contributed by atoms with van der Waals surface area (Å²) in [6.07, 6.45) is 8.04. The minimum Gasteiger partial charge on any atom is -0.497 e. The van der Waals surface area contributed by atoms with Gasteiger partial charge in [-0.05, 0) is 79.9 Å². The maximum absolute atomic E-state index is 13.3. The van der Waals surface area contributed by atoms with Crippen molar-refractivity contribution in [2.45, 2.75) is 44.8 Å². The van der Waals surface area contributed by atoms with E-state index in [2.05, 4.69) is 16.2 Å². The number of hydrazine groups is 1. The third-order valence-electron chi connectivity index (χ3n) is 7.64. The van der Waals surface area contributed by atoms with Crippen LogP contribution in [0, 0.1) is 0 Å². The van der Waals surface area contributed by atoms with Gasteiger partial charge in [-0.3, -0.25) is 14.4 Å². The number of allylic oxidation sites excluding steroid dienone is 3. The molecule has 3 N–H and O–H groups in total. The predicted octanol–water partition coefficient (Wildman–Crippen LogP) is 3.54. The van der Waals surface area contributed by atoms with Crippen LogP contribution in [-0.2, 0) is 11.3 Å². The van der Waals surface area contributed by atoms with Crippen molar-refractivity contribution in [1.29, 1.82) is 0 Å². The molecule has 2 aliphatic heterocycles. The number of likely N-dealkylation sites (tertiary alicyclic amines) is 1. The van der Waals surface area contributed by atoms with Gasteiger partial charge < -0.3 is 35.1 Å². The van der Waals surface area contributed by atoms with Crippen LogP contribution in [0.4, 0.5) is 0 Å². The molecule has 2 aromatic carbocycles. The molecule has 6 rings (SSSR count). The molecule has 10 nitrogen and oxygen atoms in total. The quantitative estimate of drug-likeness (QED) is 0.363. The SMILES string of the molecule is COc1ccn(Cc2ccc(C(=O)N[C@H]3CC(=O)N(C4CC4)C3)cc2Oc2ccc(C3=CC=C(C)NN3)cc2)c(=O)c1. The Bertz CT molecular complexity index is 1640. The van der Waals surface area contributed by atoms with Crippen LogP contribution in [0.15, 0.2) is 83.4 Å². The fourth-order valence-corrected chi connectivity index (χ4v) is 5.14. The van der Waals surface area contributed by atoms with Crippen LogP contribution in [0.2, 0.25) is 0 Å². The third-order valence-corrected chi connectivity index (χ3v) is 7.64. The first kappa shape index (κ1) is 27.2. The summed E-state index contributed by atoms with van der Waals surface area (Å²) in [4.78, 5) is 40.2. The van der Waals surface area contributed by atoms with E-state index in [-0.39, 0.29) is 30.0 Å². The van der Waals surface area contributed by atoms with Crippen LogP contribution in [0.1, 0.15) is 47.7 Å².